The molecule has 0 fully saturated rings. The maximum absolute atomic E-state index is 12.5. The summed E-state index contributed by atoms with van der Waals surface area (Å²) < 4.78 is 32.4. The van der Waals surface area contributed by atoms with Crippen molar-refractivity contribution in [2.75, 3.05) is 26.4 Å². The van der Waals surface area contributed by atoms with Gasteiger partial charge < -0.3 is 24.6 Å². The third-order valence-corrected chi connectivity index (χ3v) is 7.82. The first-order valence-corrected chi connectivity index (χ1v) is 18.5. The maximum atomic E-state index is 12.5. The first-order valence-electron chi connectivity index (χ1n) is 17.0. The van der Waals surface area contributed by atoms with Crippen LogP contribution in [0.25, 0.3) is 0 Å². The predicted molar refractivity (Wildman–Crippen MR) is 178 cm³/mol. The third-order valence-electron chi connectivity index (χ3n) is 6.87. The van der Waals surface area contributed by atoms with E-state index < -0.39 is 51.8 Å². The Morgan fingerprint density at radius 3 is 1.82 bits per heavy atom. The minimum Gasteiger partial charge on any atom is -0.462 e. The zero-order valence-electron chi connectivity index (χ0n) is 27.8. The minimum absolute atomic E-state index is 0.162. The number of phosphoric acid groups is 1. The SMILES string of the molecule is CC/C=C/C=C/C=C/CCCCCCCC(=O)OC(COC(=O)CCCCCCCCCCC)COP(=O)(O)OC[C@@H](O)CO. The molecule has 0 bridgehead atoms. The van der Waals surface area contributed by atoms with Gasteiger partial charge in [0.2, 0.25) is 0 Å². The first-order chi connectivity index (χ1) is 21.7. The van der Waals surface area contributed by atoms with Crippen molar-refractivity contribution in [1.82, 2.24) is 0 Å². The number of hydrogen-bond donors (Lipinski definition) is 3. The lowest BCUT2D eigenvalue weighted by molar-refractivity contribution is -0.161. The van der Waals surface area contributed by atoms with E-state index in [9.17, 15) is 24.2 Å². The molecule has 0 aromatic carbocycles. The average molecular weight is 661 g/mol. The molecule has 262 valence electrons. The van der Waals surface area contributed by atoms with Crippen molar-refractivity contribution in [2.24, 2.45) is 0 Å². The monoisotopic (exact) mass is 660 g/mol. The molecule has 45 heavy (non-hydrogen) atoms. The lowest BCUT2D eigenvalue weighted by Gasteiger charge is -2.20. The molecule has 0 heterocycles. The molecule has 0 amide bonds. The summed E-state index contributed by atoms with van der Waals surface area (Å²) in [7, 11) is -4.61. The minimum atomic E-state index is -4.61. The van der Waals surface area contributed by atoms with Gasteiger partial charge in [-0.15, -0.1) is 0 Å². The van der Waals surface area contributed by atoms with E-state index in [0.29, 0.717) is 12.8 Å². The number of aliphatic hydroxyl groups is 2. The molecule has 10 nitrogen and oxygen atoms in total. The molecule has 0 aliphatic rings. The average Bonchev–Trinajstić information content (AvgIpc) is 3.02. The molecular weight excluding hydrogens is 599 g/mol. The molecule has 11 heteroatoms. The van der Waals surface area contributed by atoms with Gasteiger partial charge in [-0.2, -0.15) is 0 Å². The first kappa shape index (κ1) is 43.2. The van der Waals surface area contributed by atoms with Crippen LogP contribution < -0.4 is 0 Å². The van der Waals surface area contributed by atoms with Gasteiger partial charge in [0.15, 0.2) is 6.10 Å². The van der Waals surface area contributed by atoms with Crippen molar-refractivity contribution < 1.29 is 47.8 Å². The Morgan fingerprint density at radius 2 is 1.22 bits per heavy atom. The standard InChI is InChI=1S/C34H61O10P/c1-3-5-7-9-11-13-14-15-16-18-20-22-24-26-34(38)44-32(30-43-45(39,40)42-28-31(36)27-35)29-41-33(37)25-23-21-19-17-12-10-8-6-4-2/h5,7,9,11,13-14,31-32,35-36H,3-4,6,8,10,12,15-30H2,1-2H3,(H,39,40)/b7-5+,11-9+,14-13+/t31-,32?/m0/s1. The number of hydrogen-bond acceptors (Lipinski definition) is 9. The van der Waals surface area contributed by atoms with Gasteiger partial charge in [0.25, 0.3) is 0 Å². The van der Waals surface area contributed by atoms with Crippen LogP contribution >= 0.6 is 7.82 Å². The fraction of sp³-hybridized carbons (Fsp3) is 0.765. The van der Waals surface area contributed by atoms with E-state index in [1.54, 1.807) is 0 Å². The molecule has 0 aromatic rings. The Labute approximate surface area is 271 Å². The largest absolute Gasteiger partial charge is 0.472 e. The van der Waals surface area contributed by atoms with E-state index in [1.807, 2.05) is 24.3 Å². The summed E-state index contributed by atoms with van der Waals surface area (Å²) in [6.07, 6.45) is 27.0. The van der Waals surface area contributed by atoms with Gasteiger partial charge in [-0.1, -0.05) is 121 Å². The van der Waals surface area contributed by atoms with Crippen molar-refractivity contribution in [1.29, 1.82) is 0 Å². The number of unbranched alkanes of at least 4 members (excludes halogenated alkanes) is 13. The van der Waals surface area contributed by atoms with Gasteiger partial charge in [0.05, 0.1) is 19.8 Å². The topological polar surface area (TPSA) is 149 Å². The van der Waals surface area contributed by atoms with E-state index in [-0.39, 0.29) is 19.4 Å². The fourth-order valence-corrected chi connectivity index (χ4v) is 5.02. The van der Waals surface area contributed by atoms with Gasteiger partial charge in [-0.05, 0) is 32.1 Å². The smallest absolute Gasteiger partial charge is 0.462 e. The van der Waals surface area contributed by atoms with Crippen molar-refractivity contribution >= 4 is 19.8 Å². The van der Waals surface area contributed by atoms with Crippen LogP contribution in [0.1, 0.15) is 129 Å². The fourth-order valence-electron chi connectivity index (χ4n) is 4.23. The van der Waals surface area contributed by atoms with Crippen LogP contribution in [-0.2, 0) is 32.7 Å². The van der Waals surface area contributed by atoms with Crippen LogP contribution in [0.4, 0.5) is 0 Å². The molecule has 3 N–H and O–H groups in total. The van der Waals surface area contributed by atoms with Crippen molar-refractivity contribution in [3.8, 4) is 0 Å². The zero-order chi connectivity index (χ0) is 33.4. The number of rotatable bonds is 31. The summed E-state index contributed by atoms with van der Waals surface area (Å²) in [5, 5.41) is 18.2. The Kier molecular flexibility index (Phi) is 29.6. The lowest BCUT2D eigenvalue weighted by atomic mass is 10.1. The highest BCUT2D eigenvalue weighted by Crippen LogP contribution is 2.43. The predicted octanol–water partition coefficient (Wildman–Crippen LogP) is 7.66. The van der Waals surface area contributed by atoms with Gasteiger partial charge in [0.1, 0.15) is 12.7 Å². The van der Waals surface area contributed by atoms with Crippen LogP contribution in [0.3, 0.4) is 0 Å². The van der Waals surface area contributed by atoms with Crippen LogP contribution in [0.5, 0.6) is 0 Å². The van der Waals surface area contributed by atoms with Gasteiger partial charge in [0, 0.05) is 12.8 Å². The second-order valence-electron chi connectivity index (χ2n) is 11.2. The molecule has 0 saturated heterocycles. The van der Waals surface area contributed by atoms with E-state index in [1.165, 1.54) is 32.1 Å². The molecule has 0 saturated carbocycles. The highest BCUT2D eigenvalue weighted by molar-refractivity contribution is 7.47. The summed E-state index contributed by atoms with van der Waals surface area (Å²) in [6.45, 7) is 2.16. The van der Waals surface area contributed by atoms with Gasteiger partial charge in [-0.3, -0.25) is 18.6 Å². The van der Waals surface area contributed by atoms with E-state index >= 15 is 0 Å². The van der Waals surface area contributed by atoms with E-state index in [4.69, 9.17) is 19.1 Å². The summed E-state index contributed by atoms with van der Waals surface area (Å²) in [5.74, 6) is -0.956. The van der Waals surface area contributed by atoms with Crippen LogP contribution in [0, 0.1) is 0 Å². The molecule has 0 aromatic heterocycles. The Morgan fingerprint density at radius 1 is 0.689 bits per heavy atom. The molecule has 3 atom stereocenters. The third kappa shape index (κ3) is 30.6. The number of ether oxygens (including phenoxy) is 2. The normalized spacial score (nSPS) is 14.7. The number of carbonyl (C=O) groups excluding carboxylic acids is 2. The van der Waals surface area contributed by atoms with Crippen molar-refractivity contribution in [3.63, 3.8) is 0 Å². The highest BCUT2D eigenvalue weighted by Gasteiger charge is 2.27. The number of phosphoric ester groups is 1. The summed E-state index contributed by atoms with van der Waals surface area (Å²) in [6, 6.07) is 0. The van der Waals surface area contributed by atoms with Crippen molar-refractivity contribution in [2.45, 2.75) is 142 Å². The van der Waals surface area contributed by atoms with Crippen molar-refractivity contribution in [3.05, 3.63) is 36.5 Å². The molecule has 0 aliphatic heterocycles. The Bertz CT molecular complexity index is 858. The number of carbonyl (C=O) groups is 2. The zero-order valence-corrected chi connectivity index (χ0v) is 28.7. The molecule has 0 aliphatic carbocycles. The van der Waals surface area contributed by atoms with Gasteiger partial charge in [-0.25, -0.2) is 4.57 Å². The van der Waals surface area contributed by atoms with Crippen LogP contribution in [-0.4, -0.2) is 65.7 Å². The molecule has 0 spiro atoms. The maximum Gasteiger partial charge on any atom is 0.472 e. The summed E-state index contributed by atoms with van der Waals surface area (Å²) >= 11 is 0. The quantitative estimate of drug-likeness (QED) is 0.0293. The van der Waals surface area contributed by atoms with E-state index in [2.05, 4.69) is 30.5 Å². The second kappa shape index (κ2) is 30.8. The van der Waals surface area contributed by atoms with Gasteiger partial charge >= 0.3 is 19.8 Å². The number of aliphatic hydroxyl groups excluding tert-OH is 2. The Hall–Kier alpha value is -1.81. The molecule has 0 radical (unpaired) electrons. The van der Waals surface area contributed by atoms with Crippen LogP contribution in [0.15, 0.2) is 36.5 Å². The summed E-state index contributed by atoms with van der Waals surface area (Å²) in [5.41, 5.74) is 0. The number of allylic oxidation sites excluding steroid dienone is 6. The second-order valence-corrected chi connectivity index (χ2v) is 12.7. The molecule has 0 rings (SSSR count). The Balaban J connectivity index is 4.48. The molecule has 2 unspecified atom stereocenters. The molecular formula is C34H61O10P. The summed E-state index contributed by atoms with van der Waals surface area (Å²) in [4.78, 5) is 34.6. The van der Waals surface area contributed by atoms with E-state index in [0.717, 1.165) is 57.8 Å². The highest BCUT2D eigenvalue weighted by atomic mass is 31.2. The van der Waals surface area contributed by atoms with Crippen LogP contribution in [0.2, 0.25) is 0 Å². The number of esters is 2. The lowest BCUT2D eigenvalue weighted by Crippen LogP contribution is -2.29.